The topological polar surface area (TPSA) is 20.2 Å². The van der Waals surface area contributed by atoms with E-state index in [-0.39, 0.29) is 0 Å². The molecular formula is C10H18O. The van der Waals surface area contributed by atoms with Crippen molar-refractivity contribution in [3.8, 4) is 0 Å². The normalized spacial score (nSPS) is 47.5. The predicted octanol–water partition coefficient (Wildman–Crippen LogP) is 2.20. The minimum absolute atomic E-state index is 0.363. The summed E-state index contributed by atoms with van der Waals surface area (Å²) in [6.07, 6.45) is 6.59. The molecule has 0 aromatic heterocycles. The van der Waals surface area contributed by atoms with Gasteiger partial charge in [-0.3, -0.25) is 0 Å². The van der Waals surface area contributed by atoms with Gasteiger partial charge in [0, 0.05) is 6.61 Å². The monoisotopic (exact) mass is 154 g/mol. The van der Waals surface area contributed by atoms with Gasteiger partial charge in [0.2, 0.25) is 0 Å². The van der Waals surface area contributed by atoms with Gasteiger partial charge in [0.25, 0.3) is 0 Å². The van der Waals surface area contributed by atoms with Crippen molar-refractivity contribution in [2.45, 2.75) is 39.0 Å². The largest absolute Gasteiger partial charge is 0.396 e. The van der Waals surface area contributed by atoms with E-state index in [2.05, 4.69) is 6.92 Å². The minimum atomic E-state index is 0.363. The molecule has 0 spiro atoms. The summed E-state index contributed by atoms with van der Waals surface area (Å²) in [5, 5.41) is 9.29. The zero-order chi connectivity index (χ0) is 7.90. The van der Waals surface area contributed by atoms with E-state index < -0.39 is 0 Å². The molecule has 0 heterocycles. The Morgan fingerprint density at radius 2 is 2.00 bits per heavy atom. The van der Waals surface area contributed by atoms with Crippen molar-refractivity contribution in [3.63, 3.8) is 0 Å². The van der Waals surface area contributed by atoms with Gasteiger partial charge in [0.05, 0.1) is 0 Å². The molecule has 2 fully saturated rings. The van der Waals surface area contributed by atoms with Crippen LogP contribution in [0.15, 0.2) is 0 Å². The van der Waals surface area contributed by atoms with Gasteiger partial charge in [-0.25, -0.2) is 0 Å². The van der Waals surface area contributed by atoms with Gasteiger partial charge in [-0.1, -0.05) is 13.3 Å². The Hall–Kier alpha value is -0.0400. The molecular weight excluding hydrogens is 136 g/mol. The molecule has 2 atom stereocenters. The Kier molecular flexibility index (Phi) is 1.71. The van der Waals surface area contributed by atoms with E-state index in [4.69, 9.17) is 0 Å². The van der Waals surface area contributed by atoms with Crippen LogP contribution in [0.2, 0.25) is 0 Å². The third-order valence-electron chi connectivity index (χ3n) is 3.58. The van der Waals surface area contributed by atoms with E-state index in [0.717, 1.165) is 11.8 Å². The minimum Gasteiger partial charge on any atom is -0.396 e. The molecule has 0 amide bonds. The third kappa shape index (κ3) is 1.20. The second-order valence-electron chi connectivity index (χ2n) is 4.57. The lowest BCUT2D eigenvalue weighted by molar-refractivity contribution is 0.107. The first-order chi connectivity index (χ1) is 5.29. The van der Waals surface area contributed by atoms with Crippen LogP contribution < -0.4 is 0 Å². The van der Waals surface area contributed by atoms with E-state index in [1.807, 2.05) is 0 Å². The Labute approximate surface area is 68.8 Å². The summed E-state index contributed by atoms with van der Waals surface area (Å²) >= 11 is 0. The molecule has 1 heteroatoms. The lowest BCUT2D eigenvalue weighted by atomic mass is 9.80. The second-order valence-corrected chi connectivity index (χ2v) is 4.57. The van der Waals surface area contributed by atoms with Crippen molar-refractivity contribution in [1.29, 1.82) is 0 Å². The van der Waals surface area contributed by atoms with Gasteiger partial charge >= 0.3 is 0 Å². The highest BCUT2D eigenvalue weighted by Gasteiger charge is 2.52. The molecule has 0 saturated heterocycles. The summed E-state index contributed by atoms with van der Waals surface area (Å²) in [4.78, 5) is 0. The predicted molar refractivity (Wildman–Crippen MR) is 45.3 cm³/mol. The van der Waals surface area contributed by atoms with E-state index in [1.54, 1.807) is 0 Å². The molecule has 0 aromatic rings. The molecule has 2 saturated carbocycles. The smallest absolute Gasteiger partial charge is 0.0487 e. The van der Waals surface area contributed by atoms with E-state index in [1.165, 1.54) is 32.1 Å². The number of aliphatic hydroxyl groups excluding tert-OH is 1. The number of hydrogen-bond donors (Lipinski definition) is 1. The van der Waals surface area contributed by atoms with Crippen molar-refractivity contribution in [3.05, 3.63) is 0 Å². The molecule has 64 valence electrons. The van der Waals surface area contributed by atoms with Gasteiger partial charge in [-0.15, -0.1) is 0 Å². The van der Waals surface area contributed by atoms with E-state index >= 15 is 0 Å². The van der Waals surface area contributed by atoms with Crippen LogP contribution in [0.1, 0.15) is 39.0 Å². The average Bonchev–Trinajstić information content (AvgIpc) is 2.61. The maximum atomic E-state index is 9.29. The number of hydrogen-bond acceptors (Lipinski definition) is 1. The lowest BCUT2D eigenvalue weighted by Crippen LogP contribution is -2.23. The lowest BCUT2D eigenvalue weighted by Gasteiger charge is -2.27. The molecule has 2 rings (SSSR count). The van der Waals surface area contributed by atoms with Crippen LogP contribution in [0.3, 0.4) is 0 Å². The molecule has 0 radical (unpaired) electrons. The SMILES string of the molecule is CCCC1(CO)CC2CC2C1. The van der Waals surface area contributed by atoms with Crippen LogP contribution in [0.4, 0.5) is 0 Å². The molecule has 2 aliphatic rings. The summed E-state index contributed by atoms with van der Waals surface area (Å²) < 4.78 is 0. The van der Waals surface area contributed by atoms with Crippen molar-refractivity contribution in [2.75, 3.05) is 6.61 Å². The Morgan fingerprint density at radius 1 is 1.36 bits per heavy atom. The van der Waals surface area contributed by atoms with Crippen molar-refractivity contribution in [2.24, 2.45) is 17.3 Å². The van der Waals surface area contributed by atoms with Crippen molar-refractivity contribution in [1.82, 2.24) is 0 Å². The van der Waals surface area contributed by atoms with Crippen LogP contribution in [0, 0.1) is 17.3 Å². The molecule has 0 aliphatic heterocycles. The molecule has 11 heavy (non-hydrogen) atoms. The maximum absolute atomic E-state index is 9.29. The van der Waals surface area contributed by atoms with Crippen molar-refractivity contribution < 1.29 is 5.11 Å². The van der Waals surface area contributed by atoms with Crippen molar-refractivity contribution >= 4 is 0 Å². The first kappa shape index (κ1) is 7.60. The van der Waals surface area contributed by atoms with Crippen LogP contribution in [0.25, 0.3) is 0 Å². The summed E-state index contributed by atoms with van der Waals surface area (Å²) in [6, 6.07) is 0. The highest BCUT2D eigenvalue weighted by Crippen LogP contribution is 2.61. The van der Waals surface area contributed by atoms with Crippen LogP contribution in [0.5, 0.6) is 0 Å². The van der Waals surface area contributed by atoms with Crippen LogP contribution in [-0.2, 0) is 0 Å². The van der Waals surface area contributed by atoms with Gasteiger partial charge < -0.3 is 5.11 Å². The average molecular weight is 154 g/mol. The zero-order valence-electron chi connectivity index (χ0n) is 7.34. The molecule has 0 aromatic carbocycles. The summed E-state index contributed by atoms with van der Waals surface area (Å²) in [5.74, 6) is 2.02. The Morgan fingerprint density at radius 3 is 2.45 bits per heavy atom. The van der Waals surface area contributed by atoms with Gasteiger partial charge in [0.15, 0.2) is 0 Å². The molecule has 0 bridgehead atoms. The Bertz CT molecular complexity index is 143. The van der Waals surface area contributed by atoms with Gasteiger partial charge in [-0.05, 0) is 42.9 Å². The molecule has 2 aliphatic carbocycles. The third-order valence-corrected chi connectivity index (χ3v) is 3.58. The fraction of sp³-hybridized carbons (Fsp3) is 1.00. The molecule has 2 unspecified atom stereocenters. The Balaban J connectivity index is 1.96. The molecule has 1 N–H and O–H groups in total. The quantitative estimate of drug-likeness (QED) is 0.660. The number of fused-ring (bicyclic) bond motifs is 1. The highest BCUT2D eigenvalue weighted by atomic mass is 16.3. The molecule has 1 nitrogen and oxygen atoms in total. The second kappa shape index (κ2) is 2.48. The standard InChI is InChI=1S/C10H18O/c1-2-3-10(7-11)5-8-4-9(8)6-10/h8-9,11H,2-7H2,1H3. The van der Waals surface area contributed by atoms with Crippen LogP contribution in [-0.4, -0.2) is 11.7 Å². The van der Waals surface area contributed by atoms with Gasteiger partial charge in [0.1, 0.15) is 0 Å². The first-order valence-corrected chi connectivity index (χ1v) is 4.90. The number of rotatable bonds is 3. The zero-order valence-corrected chi connectivity index (χ0v) is 7.34. The number of aliphatic hydroxyl groups is 1. The summed E-state index contributed by atoms with van der Waals surface area (Å²) in [5.41, 5.74) is 0.363. The van der Waals surface area contributed by atoms with Crippen LogP contribution >= 0.6 is 0 Å². The first-order valence-electron chi connectivity index (χ1n) is 4.90. The van der Waals surface area contributed by atoms with E-state index in [9.17, 15) is 5.11 Å². The fourth-order valence-corrected chi connectivity index (χ4v) is 2.95. The highest BCUT2D eigenvalue weighted by molar-refractivity contribution is 5.02. The summed E-state index contributed by atoms with van der Waals surface area (Å²) in [7, 11) is 0. The summed E-state index contributed by atoms with van der Waals surface area (Å²) in [6.45, 7) is 2.66. The van der Waals surface area contributed by atoms with E-state index in [0.29, 0.717) is 12.0 Å². The van der Waals surface area contributed by atoms with Gasteiger partial charge in [-0.2, -0.15) is 0 Å². The fourth-order valence-electron chi connectivity index (χ4n) is 2.95. The maximum Gasteiger partial charge on any atom is 0.0487 e.